The second-order valence-corrected chi connectivity index (χ2v) is 6.72. The molecule has 1 N–H and O–H groups in total. The Morgan fingerprint density at radius 2 is 1.81 bits per heavy atom. The van der Waals surface area contributed by atoms with Gasteiger partial charge in [-0.3, -0.25) is 4.79 Å². The van der Waals surface area contributed by atoms with Crippen LogP contribution in [0.2, 0.25) is 0 Å². The zero-order chi connectivity index (χ0) is 16.0. The third kappa shape index (κ3) is 6.21. The van der Waals surface area contributed by atoms with E-state index >= 15 is 0 Å². The fraction of sp³-hybridized carbons (Fsp3) is 0.500. The van der Waals surface area contributed by atoms with Crippen molar-refractivity contribution in [1.82, 2.24) is 5.32 Å². The molecule has 0 aliphatic rings. The Balaban J connectivity index is 2.61. The van der Waals surface area contributed by atoms with Gasteiger partial charge in [0.05, 0.1) is 0 Å². The smallest absolute Gasteiger partial charge is 0.328 e. The minimum atomic E-state index is -0.678. The Morgan fingerprint density at radius 3 is 2.29 bits per heavy atom. The van der Waals surface area contributed by atoms with Crippen molar-refractivity contribution in [2.75, 3.05) is 6.26 Å². The lowest BCUT2D eigenvalue weighted by atomic mass is 10.1. The summed E-state index contributed by atoms with van der Waals surface area (Å²) in [4.78, 5) is 23.9. The average molecular weight is 309 g/mol. The lowest BCUT2D eigenvalue weighted by Gasteiger charge is -2.22. The number of ether oxygens (including phenoxy) is 1. The summed E-state index contributed by atoms with van der Waals surface area (Å²) in [5.74, 6) is 0.204. The normalized spacial score (nSPS) is 12.6. The van der Waals surface area contributed by atoms with Crippen molar-refractivity contribution in [3.05, 3.63) is 35.4 Å². The van der Waals surface area contributed by atoms with Crippen LogP contribution < -0.4 is 5.32 Å². The summed E-state index contributed by atoms with van der Waals surface area (Å²) >= 11 is 1.73. The van der Waals surface area contributed by atoms with Crippen LogP contribution in [-0.2, 0) is 15.3 Å². The Bertz CT molecular complexity index is 491. The lowest BCUT2D eigenvalue weighted by Crippen LogP contribution is -2.42. The average Bonchev–Trinajstić information content (AvgIpc) is 2.37. The molecular formula is C16H23NO3S. The largest absolute Gasteiger partial charge is 0.458 e. The van der Waals surface area contributed by atoms with E-state index in [0.717, 1.165) is 5.75 Å². The summed E-state index contributed by atoms with van der Waals surface area (Å²) in [5, 5.41) is 2.65. The number of carbonyl (C=O) groups excluding carboxylic acids is 2. The highest BCUT2D eigenvalue weighted by atomic mass is 32.2. The van der Waals surface area contributed by atoms with Gasteiger partial charge in [0.25, 0.3) is 5.91 Å². The molecule has 1 aromatic rings. The number of amides is 1. The summed E-state index contributed by atoms with van der Waals surface area (Å²) in [7, 11) is 0. The van der Waals surface area contributed by atoms with E-state index in [1.165, 1.54) is 5.56 Å². The van der Waals surface area contributed by atoms with E-state index in [1.54, 1.807) is 51.6 Å². The highest BCUT2D eigenvalue weighted by molar-refractivity contribution is 7.97. The van der Waals surface area contributed by atoms with Gasteiger partial charge >= 0.3 is 5.97 Å². The molecule has 1 aromatic carbocycles. The Morgan fingerprint density at radius 1 is 1.24 bits per heavy atom. The van der Waals surface area contributed by atoms with Gasteiger partial charge in [-0.2, -0.15) is 11.8 Å². The third-order valence-corrected chi connectivity index (χ3v) is 3.26. The van der Waals surface area contributed by atoms with E-state index in [9.17, 15) is 9.59 Å². The summed E-state index contributed by atoms with van der Waals surface area (Å²) in [6.45, 7) is 7.01. The molecule has 116 valence electrons. The van der Waals surface area contributed by atoms with Crippen molar-refractivity contribution >= 4 is 23.6 Å². The topological polar surface area (TPSA) is 55.4 Å². The molecule has 0 aliphatic heterocycles. The molecule has 0 bridgehead atoms. The second kappa shape index (κ2) is 7.50. The first-order chi connectivity index (χ1) is 9.73. The van der Waals surface area contributed by atoms with Crippen molar-refractivity contribution in [1.29, 1.82) is 0 Å². The molecule has 4 nitrogen and oxygen atoms in total. The summed E-state index contributed by atoms with van der Waals surface area (Å²) in [5.41, 5.74) is 1.14. The number of carbonyl (C=O) groups is 2. The van der Waals surface area contributed by atoms with E-state index in [2.05, 4.69) is 5.32 Å². The van der Waals surface area contributed by atoms with Gasteiger partial charge in [-0.25, -0.2) is 4.79 Å². The fourth-order valence-corrected chi connectivity index (χ4v) is 2.17. The Hall–Kier alpha value is -1.49. The second-order valence-electron chi connectivity index (χ2n) is 5.86. The maximum absolute atomic E-state index is 12.1. The van der Waals surface area contributed by atoms with Crippen molar-refractivity contribution in [3.63, 3.8) is 0 Å². The highest BCUT2D eigenvalue weighted by Gasteiger charge is 2.23. The van der Waals surface area contributed by atoms with Crippen LogP contribution in [0.5, 0.6) is 0 Å². The molecule has 5 heteroatoms. The first-order valence-electron chi connectivity index (χ1n) is 6.84. The van der Waals surface area contributed by atoms with Crippen LogP contribution in [0.25, 0.3) is 0 Å². The van der Waals surface area contributed by atoms with Crippen molar-refractivity contribution < 1.29 is 14.3 Å². The predicted octanol–water partition coefficient (Wildman–Crippen LogP) is 3.01. The minimum Gasteiger partial charge on any atom is -0.458 e. The minimum absolute atomic E-state index is 0.274. The summed E-state index contributed by atoms with van der Waals surface area (Å²) < 4.78 is 5.23. The quantitative estimate of drug-likeness (QED) is 0.850. The Labute approximate surface area is 130 Å². The zero-order valence-corrected chi connectivity index (χ0v) is 14.0. The van der Waals surface area contributed by atoms with Crippen molar-refractivity contribution in [2.24, 2.45) is 0 Å². The molecule has 0 heterocycles. The molecule has 0 aliphatic carbocycles. The third-order valence-electron chi connectivity index (χ3n) is 2.64. The number of nitrogens with one attached hydrogen (secondary N) is 1. The monoisotopic (exact) mass is 309 g/mol. The van der Waals surface area contributed by atoms with Gasteiger partial charge in [-0.1, -0.05) is 12.1 Å². The molecule has 1 atom stereocenters. The van der Waals surface area contributed by atoms with Gasteiger partial charge in [-0.15, -0.1) is 0 Å². The number of rotatable bonds is 5. The SMILES string of the molecule is CSCc1ccc(C(=O)N[C@@H](C)C(=O)OC(C)(C)C)cc1. The maximum atomic E-state index is 12.1. The summed E-state index contributed by atoms with van der Waals surface area (Å²) in [6.07, 6.45) is 2.03. The van der Waals surface area contributed by atoms with Crippen LogP contribution in [0.15, 0.2) is 24.3 Å². The van der Waals surface area contributed by atoms with Crippen LogP contribution >= 0.6 is 11.8 Å². The van der Waals surface area contributed by atoms with Crippen molar-refractivity contribution in [2.45, 2.75) is 45.1 Å². The first kappa shape index (κ1) is 17.6. The molecule has 1 rings (SSSR count). The van der Waals surface area contributed by atoms with Gasteiger partial charge in [0.2, 0.25) is 0 Å². The number of hydrogen-bond donors (Lipinski definition) is 1. The molecule has 0 aromatic heterocycles. The first-order valence-corrected chi connectivity index (χ1v) is 8.24. The zero-order valence-electron chi connectivity index (χ0n) is 13.2. The van der Waals surface area contributed by atoms with Crippen LogP contribution in [0.1, 0.15) is 43.6 Å². The molecular weight excluding hydrogens is 286 g/mol. The van der Waals surface area contributed by atoms with Gasteiger partial charge < -0.3 is 10.1 Å². The predicted molar refractivity (Wildman–Crippen MR) is 86.4 cm³/mol. The Kier molecular flexibility index (Phi) is 6.27. The highest BCUT2D eigenvalue weighted by Crippen LogP contribution is 2.11. The molecule has 0 saturated carbocycles. The van der Waals surface area contributed by atoms with E-state index in [1.807, 2.05) is 18.4 Å². The number of thioether (sulfide) groups is 1. The molecule has 0 spiro atoms. The van der Waals surface area contributed by atoms with Gasteiger partial charge in [0.1, 0.15) is 11.6 Å². The van der Waals surface area contributed by atoms with Crippen LogP contribution in [0.4, 0.5) is 0 Å². The standard InChI is InChI=1S/C16H23NO3S/c1-11(15(19)20-16(2,3)4)17-14(18)13-8-6-12(7-9-13)10-21-5/h6-9,11H,10H2,1-5H3,(H,17,18)/t11-/m0/s1. The van der Waals surface area contributed by atoms with Crippen LogP contribution in [0.3, 0.4) is 0 Å². The van der Waals surface area contributed by atoms with E-state index in [-0.39, 0.29) is 5.91 Å². The molecule has 1 amide bonds. The number of benzene rings is 1. The van der Waals surface area contributed by atoms with Crippen molar-refractivity contribution in [3.8, 4) is 0 Å². The van der Waals surface area contributed by atoms with E-state index in [4.69, 9.17) is 4.74 Å². The van der Waals surface area contributed by atoms with Crippen LogP contribution in [-0.4, -0.2) is 29.8 Å². The number of esters is 1. The van der Waals surface area contributed by atoms with Crippen LogP contribution in [0, 0.1) is 0 Å². The lowest BCUT2D eigenvalue weighted by molar-refractivity contribution is -0.156. The molecule has 0 radical (unpaired) electrons. The molecule has 0 fully saturated rings. The summed E-state index contributed by atoms with van der Waals surface area (Å²) in [6, 6.07) is 6.70. The van der Waals surface area contributed by atoms with E-state index < -0.39 is 17.6 Å². The maximum Gasteiger partial charge on any atom is 0.328 e. The molecule has 0 unspecified atom stereocenters. The fourth-order valence-electron chi connectivity index (χ4n) is 1.65. The molecule has 21 heavy (non-hydrogen) atoms. The number of hydrogen-bond acceptors (Lipinski definition) is 4. The van der Waals surface area contributed by atoms with E-state index in [0.29, 0.717) is 5.56 Å². The molecule has 0 saturated heterocycles. The van der Waals surface area contributed by atoms with Gasteiger partial charge in [0, 0.05) is 11.3 Å². The van der Waals surface area contributed by atoms with Gasteiger partial charge in [0.15, 0.2) is 0 Å². The van der Waals surface area contributed by atoms with Gasteiger partial charge in [-0.05, 0) is 51.6 Å².